The third-order valence-corrected chi connectivity index (χ3v) is 3.36. The summed E-state index contributed by atoms with van der Waals surface area (Å²) in [7, 11) is 0. The Morgan fingerprint density at radius 3 is 2.31 bits per heavy atom. The van der Waals surface area contributed by atoms with E-state index in [1.54, 1.807) is 4.90 Å². The topological polar surface area (TPSA) is 32.3 Å². The summed E-state index contributed by atoms with van der Waals surface area (Å²) in [5.41, 5.74) is 0. The summed E-state index contributed by atoms with van der Waals surface area (Å²) >= 11 is 0. The van der Waals surface area contributed by atoms with Gasteiger partial charge >= 0.3 is 6.18 Å². The summed E-state index contributed by atoms with van der Waals surface area (Å²) in [6.45, 7) is 3.00. The first-order chi connectivity index (χ1) is 7.46. The van der Waals surface area contributed by atoms with Crippen LogP contribution in [0.25, 0.3) is 0 Å². The summed E-state index contributed by atoms with van der Waals surface area (Å²) < 4.78 is 35.9. The van der Waals surface area contributed by atoms with Crippen molar-refractivity contribution in [1.29, 1.82) is 0 Å². The maximum Gasteiger partial charge on any atom is 0.389 e. The highest BCUT2D eigenvalue weighted by Crippen LogP contribution is 2.28. The van der Waals surface area contributed by atoms with Crippen molar-refractivity contribution in [1.82, 2.24) is 10.2 Å². The van der Waals surface area contributed by atoms with E-state index in [0.29, 0.717) is 24.9 Å². The van der Waals surface area contributed by atoms with Crippen LogP contribution in [0, 0.1) is 11.8 Å². The molecule has 0 saturated carbocycles. The first-order valence-corrected chi connectivity index (χ1v) is 5.51. The summed E-state index contributed by atoms with van der Waals surface area (Å²) in [5, 5.41) is 3.22. The van der Waals surface area contributed by atoms with Crippen LogP contribution in [-0.4, -0.2) is 43.2 Å². The highest BCUT2D eigenvalue weighted by atomic mass is 19.4. The van der Waals surface area contributed by atoms with Gasteiger partial charge in [0.25, 0.3) is 0 Å². The number of rotatable bonds is 2. The van der Waals surface area contributed by atoms with Gasteiger partial charge in [-0.05, 0) is 11.8 Å². The first kappa shape index (κ1) is 11.7. The molecule has 2 aliphatic heterocycles. The van der Waals surface area contributed by atoms with E-state index in [1.807, 2.05) is 0 Å². The standard InChI is InChI=1S/C10H15F3N2O/c11-10(12,13)2-1-9(16)15-5-7-3-14-4-8(7)6-15/h7-8,14H,1-6H2/t7-,8+. The fraction of sp³-hybridized carbons (Fsp3) is 0.900. The van der Waals surface area contributed by atoms with E-state index in [2.05, 4.69) is 5.32 Å². The molecule has 0 aromatic rings. The molecule has 2 saturated heterocycles. The molecule has 0 aromatic carbocycles. The number of likely N-dealkylation sites (tertiary alicyclic amines) is 1. The minimum absolute atomic E-state index is 0.355. The van der Waals surface area contributed by atoms with E-state index in [9.17, 15) is 18.0 Å². The molecule has 2 fully saturated rings. The summed E-state index contributed by atoms with van der Waals surface area (Å²) in [5.74, 6) is 0.524. The second kappa shape index (κ2) is 4.24. The lowest BCUT2D eigenvalue weighted by Crippen LogP contribution is -2.32. The minimum atomic E-state index is -4.23. The SMILES string of the molecule is O=C(CCC(F)(F)F)N1C[C@H]2CNC[C@H]2C1. The molecule has 1 amide bonds. The van der Waals surface area contributed by atoms with Crippen molar-refractivity contribution >= 4 is 5.91 Å². The molecule has 2 aliphatic rings. The molecule has 0 bridgehead atoms. The Kier molecular flexibility index (Phi) is 3.10. The van der Waals surface area contributed by atoms with Gasteiger partial charge in [0.15, 0.2) is 0 Å². The van der Waals surface area contributed by atoms with E-state index in [-0.39, 0.29) is 5.91 Å². The lowest BCUT2D eigenvalue weighted by molar-refractivity contribution is -0.148. The van der Waals surface area contributed by atoms with Crippen LogP contribution < -0.4 is 5.32 Å². The molecular formula is C10H15F3N2O. The molecule has 0 unspecified atom stereocenters. The van der Waals surface area contributed by atoms with Crippen molar-refractivity contribution in [2.75, 3.05) is 26.2 Å². The van der Waals surface area contributed by atoms with Crippen molar-refractivity contribution in [2.45, 2.75) is 19.0 Å². The van der Waals surface area contributed by atoms with Crippen LogP contribution in [0.15, 0.2) is 0 Å². The van der Waals surface area contributed by atoms with Crippen molar-refractivity contribution in [2.24, 2.45) is 11.8 Å². The van der Waals surface area contributed by atoms with E-state index in [4.69, 9.17) is 0 Å². The number of hydrogen-bond acceptors (Lipinski definition) is 2. The van der Waals surface area contributed by atoms with Crippen molar-refractivity contribution in [3.05, 3.63) is 0 Å². The quantitative estimate of drug-likeness (QED) is 0.776. The number of fused-ring (bicyclic) bond motifs is 1. The second-order valence-corrected chi connectivity index (χ2v) is 4.59. The van der Waals surface area contributed by atoms with Gasteiger partial charge in [0, 0.05) is 32.6 Å². The van der Waals surface area contributed by atoms with E-state index < -0.39 is 19.0 Å². The highest BCUT2D eigenvalue weighted by molar-refractivity contribution is 5.76. The molecule has 92 valence electrons. The van der Waals surface area contributed by atoms with Gasteiger partial charge < -0.3 is 10.2 Å². The molecule has 0 aromatic heterocycles. The molecule has 0 spiro atoms. The van der Waals surface area contributed by atoms with Gasteiger partial charge in [-0.3, -0.25) is 4.79 Å². The monoisotopic (exact) mass is 236 g/mol. The lowest BCUT2D eigenvalue weighted by atomic mass is 10.0. The number of amides is 1. The Labute approximate surface area is 92.0 Å². The molecule has 1 N–H and O–H groups in total. The molecule has 6 heteroatoms. The normalized spacial score (nSPS) is 29.6. The van der Waals surface area contributed by atoms with E-state index in [1.165, 1.54) is 0 Å². The average molecular weight is 236 g/mol. The number of carbonyl (C=O) groups excluding carboxylic acids is 1. The zero-order chi connectivity index (χ0) is 11.8. The van der Waals surface area contributed by atoms with Gasteiger partial charge in [0.1, 0.15) is 0 Å². The van der Waals surface area contributed by atoms with Crippen molar-refractivity contribution < 1.29 is 18.0 Å². The van der Waals surface area contributed by atoms with Gasteiger partial charge in [-0.15, -0.1) is 0 Å². The van der Waals surface area contributed by atoms with Gasteiger partial charge in [-0.1, -0.05) is 0 Å². The van der Waals surface area contributed by atoms with Crippen molar-refractivity contribution in [3.8, 4) is 0 Å². The third kappa shape index (κ3) is 2.66. The van der Waals surface area contributed by atoms with E-state index in [0.717, 1.165) is 13.1 Å². The highest BCUT2D eigenvalue weighted by Gasteiger charge is 2.38. The number of hydrogen-bond donors (Lipinski definition) is 1. The van der Waals surface area contributed by atoms with Crippen LogP contribution in [-0.2, 0) is 4.79 Å². The Morgan fingerprint density at radius 1 is 1.25 bits per heavy atom. The largest absolute Gasteiger partial charge is 0.389 e. The lowest BCUT2D eigenvalue weighted by Gasteiger charge is -2.17. The molecular weight excluding hydrogens is 221 g/mol. The molecule has 16 heavy (non-hydrogen) atoms. The predicted molar refractivity (Wildman–Crippen MR) is 51.7 cm³/mol. The minimum Gasteiger partial charge on any atom is -0.342 e. The smallest absolute Gasteiger partial charge is 0.342 e. The average Bonchev–Trinajstić information content (AvgIpc) is 2.71. The number of carbonyl (C=O) groups is 1. The van der Waals surface area contributed by atoms with Gasteiger partial charge in [0.05, 0.1) is 6.42 Å². The Balaban J connectivity index is 1.79. The van der Waals surface area contributed by atoms with Gasteiger partial charge in [-0.25, -0.2) is 0 Å². The maximum absolute atomic E-state index is 12.0. The van der Waals surface area contributed by atoms with Crippen molar-refractivity contribution in [3.63, 3.8) is 0 Å². The van der Waals surface area contributed by atoms with Crippen LogP contribution >= 0.6 is 0 Å². The Bertz CT molecular complexity index is 268. The molecule has 0 radical (unpaired) electrons. The summed E-state index contributed by atoms with van der Waals surface area (Å²) in [6, 6.07) is 0. The molecule has 0 aliphatic carbocycles. The first-order valence-electron chi connectivity index (χ1n) is 5.51. The fourth-order valence-electron chi connectivity index (χ4n) is 2.47. The third-order valence-electron chi connectivity index (χ3n) is 3.36. The number of alkyl halides is 3. The summed E-state index contributed by atoms with van der Waals surface area (Å²) in [6.07, 6.45) is -5.64. The zero-order valence-electron chi connectivity index (χ0n) is 8.89. The van der Waals surface area contributed by atoms with Crippen LogP contribution in [0.2, 0.25) is 0 Å². The molecule has 2 atom stereocenters. The van der Waals surface area contributed by atoms with Crippen LogP contribution in [0.3, 0.4) is 0 Å². The van der Waals surface area contributed by atoms with Gasteiger partial charge in [0.2, 0.25) is 5.91 Å². The fourth-order valence-corrected chi connectivity index (χ4v) is 2.47. The molecule has 3 nitrogen and oxygen atoms in total. The van der Waals surface area contributed by atoms with E-state index >= 15 is 0 Å². The Hall–Kier alpha value is -0.780. The van der Waals surface area contributed by atoms with Crippen LogP contribution in [0.4, 0.5) is 13.2 Å². The second-order valence-electron chi connectivity index (χ2n) is 4.59. The van der Waals surface area contributed by atoms with Crippen LogP contribution in [0.5, 0.6) is 0 Å². The number of nitrogens with zero attached hydrogens (tertiary/aromatic N) is 1. The molecule has 2 heterocycles. The number of halogens is 3. The number of nitrogens with one attached hydrogen (secondary N) is 1. The zero-order valence-corrected chi connectivity index (χ0v) is 8.89. The van der Waals surface area contributed by atoms with Gasteiger partial charge in [-0.2, -0.15) is 13.2 Å². The maximum atomic E-state index is 12.0. The predicted octanol–water partition coefficient (Wildman–Crippen LogP) is 1.01. The van der Waals surface area contributed by atoms with Crippen LogP contribution in [0.1, 0.15) is 12.8 Å². The molecule has 2 rings (SSSR count). The summed E-state index contributed by atoms with van der Waals surface area (Å²) in [4.78, 5) is 13.1. The Morgan fingerprint density at radius 2 is 1.81 bits per heavy atom.